The molecule has 1 aliphatic heterocycles. The summed E-state index contributed by atoms with van der Waals surface area (Å²) < 4.78 is 0. The predicted molar refractivity (Wildman–Crippen MR) is 57.1 cm³/mol. The molecule has 0 radical (unpaired) electrons. The Bertz CT molecular complexity index is 455. The van der Waals surface area contributed by atoms with Crippen LogP contribution >= 0.6 is 0 Å². The molecule has 1 aliphatic rings. The van der Waals surface area contributed by atoms with Gasteiger partial charge in [-0.1, -0.05) is 24.3 Å². The van der Waals surface area contributed by atoms with E-state index < -0.39 is 0 Å². The Kier molecular flexibility index (Phi) is 1.74. The van der Waals surface area contributed by atoms with E-state index in [0.29, 0.717) is 6.04 Å². The molecule has 1 aromatic heterocycles. The van der Waals surface area contributed by atoms with Crippen LogP contribution in [0.15, 0.2) is 36.5 Å². The van der Waals surface area contributed by atoms with Crippen molar-refractivity contribution in [1.82, 2.24) is 10.3 Å². The van der Waals surface area contributed by atoms with Crippen LogP contribution in [0.3, 0.4) is 0 Å². The molecule has 0 aliphatic carbocycles. The molecule has 0 amide bonds. The number of nitrogens with one attached hydrogen (secondary N) is 1. The summed E-state index contributed by atoms with van der Waals surface area (Å²) in [7, 11) is 0. The first-order valence-electron chi connectivity index (χ1n) is 5.02. The summed E-state index contributed by atoms with van der Waals surface area (Å²) in [5.41, 5.74) is 2.49. The monoisotopic (exact) mass is 184 g/mol. The molecule has 2 nitrogen and oxygen atoms in total. The Morgan fingerprint density at radius 2 is 2.07 bits per heavy atom. The number of rotatable bonds is 1. The summed E-state index contributed by atoms with van der Waals surface area (Å²) in [6.45, 7) is 1.13. The lowest BCUT2D eigenvalue weighted by atomic mass is 9.95. The van der Waals surface area contributed by atoms with Crippen LogP contribution in [0.4, 0.5) is 0 Å². The van der Waals surface area contributed by atoms with E-state index in [1.807, 2.05) is 12.3 Å². The van der Waals surface area contributed by atoms with Gasteiger partial charge in [-0.25, -0.2) is 0 Å². The fraction of sp³-hybridized carbons (Fsp3) is 0.250. The third kappa shape index (κ3) is 1.11. The quantitative estimate of drug-likeness (QED) is 0.735. The molecule has 1 fully saturated rings. The molecule has 70 valence electrons. The summed E-state index contributed by atoms with van der Waals surface area (Å²) in [6, 6.07) is 11.0. The highest BCUT2D eigenvalue weighted by Crippen LogP contribution is 2.28. The van der Waals surface area contributed by atoms with Crippen LogP contribution < -0.4 is 5.32 Å². The van der Waals surface area contributed by atoms with Gasteiger partial charge in [0.25, 0.3) is 0 Å². The largest absolute Gasteiger partial charge is 0.310 e. The maximum atomic E-state index is 4.44. The molecule has 0 unspecified atom stereocenters. The second kappa shape index (κ2) is 3.07. The van der Waals surface area contributed by atoms with E-state index in [1.54, 1.807) is 0 Å². The maximum Gasteiger partial charge on any atom is 0.0749 e. The van der Waals surface area contributed by atoms with Gasteiger partial charge in [0.05, 0.1) is 5.52 Å². The molecule has 1 N–H and O–H groups in total. The van der Waals surface area contributed by atoms with Crippen molar-refractivity contribution in [2.75, 3.05) is 6.54 Å². The predicted octanol–water partition coefficient (Wildman–Crippen LogP) is 2.27. The van der Waals surface area contributed by atoms with Crippen molar-refractivity contribution < 1.29 is 0 Å². The van der Waals surface area contributed by atoms with Crippen molar-refractivity contribution in [1.29, 1.82) is 0 Å². The number of fused-ring (bicyclic) bond motifs is 1. The van der Waals surface area contributed by atoms with Crippen LogP contribution in [0.1, 0.15) is 18.0 Å². The van der Waals surface area contributed by atoms with Crippen LogP contribution in [0, 0.1) is 0 Å². The lowest BCUT2D eigenvalue weighted by molar-refractivity contribution is 0.385. The van der Waals surface area contributed by atoms with E-state index in [4.69, 9.17) is 0 Å². The summed E-state index contributed by atoms with van der Waals surface area (Å²) in [4.78, 5) is 4.44. The summed E-state index contributed by atoms with van der Waals surface area (Å²) in [6.07, 6.45) is 3.10. The van der Waals surface area contributed by atoms with Crippen LogP contribution in [-0.4, -0.2) is 11.5 Å². The normalized spacial score (nSPS) is 20.7. The van der Waals surface area contributed by atoms with E-state index in [-0.39, 0.29) is 0 Å². The highest BCUT2D eigenvalue weighted by molar-refractivity contribution is 5.82. The highest BCUT2D eigenvalue weighted by atomic mass is 15.0. The first-order valence-corrected chi connectivity index (χ1v) is 5.02. The Hall–Kier alpha value is -1.41. The zero-order chi connectivity index (χ0) is 9.38. The van der Waals surface area contributed by atoms with E-state index >= 15 is 0 Å². The van der Waals surface area contributed by atoms with Gasteiger partial charge in [-0.2, -0.15) is 0 Å². The lowest BCUT2D eigenvalue weighted by Gasteiger charge is -2.28. The number of hydrogen-bond donors (Lipinski definition) is 1. The maximum absolute atomic E-state index is 4.44. The van der Waals surface area contributed by atoms with Crippen LogP contribution in [0.25, 0.3) is 10.9 Å². The van der Waals surface area contributed by atoms with Crippen molar-refractivity contribution >= 4 is 10.9 Å². The second-order valence-corrected chi connectivity index (χ2v) is 3.72. The molecule has 1 aromatic carbocycles. The fourth-order valence-corrected chi connectivity index (χ4v) is 1.96. The van der Waals surface area contributed by atoms with E-state index in [0.717, 1.165) is 12.1 Å². The van der Waals surface area contributed by atoms with Crippen molar-refractivity contribution in [3.05, 3.63) is 42.1 Å². The smallest absolute Gasteiger partial charge is 0.0749 e. The molecule has 2 heterocycles. The number of nitrogens with zero attached hydrogens (tertiary/aromatic N) is 1. The Labute approximate surface area is 83.0 Å². The number of para-hydroxylation sites is 1. The second-order valence-electron chi connectivity index (χ2n) is 3.72. The number of aromatic nitrogens is 1. The van der Waals surface area contributed by atoms with Gasteiger partial charge in [0, 0.05) is 17.6 Å². The molecule has 2 aromatic rings. The molecule has 0 spiro atoms. The van der Waals surface area contributed by atoms with Gasteiger partial charge < -0.3 is 5.32 Å². The van der Waals surface area contributed by atoms with Crippen molar-refractivity contribution in [3.8, 4) is 0 Å². The molecule has 0 saturated carbocycles. The number of hydrogen-bond acceptors (Lipinski definition) is 2. The van der Waals surface area contributed by atoms with Crippen molar-refractivity contribution in [3.63, 3.8) is 0 Å². The standard InChI is InChI=1S/C12H12N2/c1-3-9-4-2-7-14-12(9)10(5-1)11-6-8-13-11/h1-5,7,11,13H,6,8H2/t11-/m1/s1. The molecule has 14 heavy (non-hydrogen) atoms. The molecule has 1 saturated heterocycles. The minimum atomic E-state index is 0.522. The van der Waals surface area contributed by atoms with Crippen LogP contribution in [0.2, 0.25) is 0 Å². The van der Waals surface area contributed by atoms with Crippen LogP contribution in [0.5, 0.6) is 0 Å². The minimum Gasteiger partial charge on any atom is -0.310 e. The molecule has 1 atom stereocenters. The zero-order valence-electron chi connectivity index (χ0n) is 7.90. The van der Waals surface area contributed by atoms with E-state index in [2.05, 4.69) is 34.6 Å². The Morgan fingerprint density at radius 1 is 1.21 bits per heavy atom. The number of pyridine rings is 1. The fourth-order valence-electron chi connectivity index (χ4n) is 1.96. The summed E-state index contributed by atoms with van der Waals surface area (Å²) >= 11 is 0. The van der Waals surface area contributed by atoms with E-state index in [9.17, 15) is 0 Å². The topological polar surface area (TPSA) is 24.9 Å². The zero-order valence-corrected chi connectivity index (χ0v) is 7.90. The Morgan fingerprint density at radius 3 is 2.86 bits per heavy atom. The first-order chi connectivity index (χ1) is 6.95. The third-order valence-electron chi connectivity index (χ3n) is 2.86. The van der Waals surface area contributed by atoms with Gasteiger partial charge in [-0.15, -0.1) is 0 Å². The molecule has 0 bridgehead atoms. The van der Waals surface area contributed by atoms with Gasteiger partial charge in [0.1, 0.15) is 0 Å². The van der Waals surface area contributed by atoms with E-state index in [1.165, 1.54) is 17.4 Å². The van der Waals surface area contributed by atoms with Crippen molar-refractivity contribution in [2.24, 2.45) is 0 Å². The van der Waals surface area contributed by atoms with Gasteiger partial charge in [-0.3, -0.25) is 4.98 Å². The SMILES string of the molecule is c1cnc2c([C@H]3CCN3)cccc2c1. The lowest BCUT2D eigenvalue weighted by Crippen LogP contribution is -2.35. The minimum absolute atomic E-state index is 0.522. The third-order valence-corrected chi connectivity index (χ3v) is 2.86. The van der Waals surface area contributed by atoms with Crippen molar-refractivity contribution in [2.45, 2.75) is 12.5 Å². The van der Waals surface area contributed by atoms with Gasteiger partial charge in [-0.05, 0) is 24.6 Å². The Balaban J connectivity index is 2.22. The molecular formula is C12H12N2. The summed E-state index contributed by atoms with van der Waals surface area (Å²) in [5, 5.41) is 4.65. The number of benzene rings is 1. The van der Waals surface area contributed by atoms with Gasteiger partial charge in [0.15, 0.2) is 0 Å². The van der Waals surface area contributed by atoms with Gasteiger partial charge >= 0.3 is 0 Å². The molecule has 3 rings (SSSR count). The van der Waals surface area contributed by atoms with Crippen LogP contribution in [-0.2, 0) is 0 Å². The first kappa shape index (κ1) is 7.94. The molecular weight excluding hydrogens is 172 g/mol. The summed E-state index contributed by atoms with van der Waals surface area (Å²) in [5.74, 6) is 0. The average Bonchev–Trinajstić information content (AvgIpc) is 2.16. The molecule has 2 heteroatoms. The van der Waals surface area contributed by atoms with Gasteiger partial charge in [0.2, 0.25) is 0 Å². The average molecular weight is 184 g/mol. The highest BCUT2D eigenvalue weighted by Gasteiger charge is 2.20.